The van der Waals surface area contributed by atoms with Crippen LogP contribution in [0.1, 0.15) is 54.9 Å². The van der Waals surface area contributed by atoms with E-state index >= 15 is 0 Å². The Balaban J connectivity index is 3.04. The van der Waals surface area contributed by atoms with Crippen molar-refractivity contribution in [3.63, 3.8) is 0 Å². The third kappa shape index (κ3) is 5.58. The molecule has 0 aromatic heterocycles. The highest BCUT2D eigenvalue weighted by Crippen LogP contribution is 2.25. The minimum atomic E-state index is -1.08. The lowest BCUT2D eigenvalue weighted by molar-refractivity contribution is -0.00655. The van der Waals surface area contributed by atoms with E-state index in [-0.39, 0.29) is 12.6 Å². The normalized spacial score (nSPS) is 21.4. The minimum absolute atomic E-state index is 0.0367. The summed E-state index contributed by atoms with van der Waals surface area (Å²) >= 11 is 0. The standard InChI is InChI=1S/C16H28N2O6/c1-10-8-11(9-17(10)12(19)20)18(13(21)23-15(2,3)4)14(22)24-16(5,6)7/h10-11H,8-9H2,1-7H3,(H,19,20)/t10-,11-/m1/s1. The van der Waals surface area contributed by atoms with Crippen molar-refractivity contribution in [2.24, 2.45) is 0 Å². The van der Waals surface area contributed by atoms with Crippen molar-refractivity contribution in [2.45, 2.75) is 78.2 Å². The van der Waals surface area contributed by atoms with Crippen molar-refractivity contribution in [3.05, 3.63) is 0 Å². The Labute approximate surface area is 142 Å². The number of imide groups is 1. The summed E-state index contributed by atoms with van der Waals surface area (Å²) in [5.74, 6) is 0. The SMILES string of the molecule is C[C@@H]1C[C@@H](N(C(=O)OC(C)(C)C)C(=O)OC(C)(C)C)CN1C(=O)O. The Bertz CT molecular complexity index is 478. The van der Waals surface area contributed by atoms with Gasteiger partial charge in [-0.1, -0.05) is 0 Å². The van der Waals surface area contributed by atoms with Crippen LogP contribution in [0.4, 0.5) is 14.4 Å². The van der Waals surface area contributed by atoms with Crippen molar-refractivity contribution in [1.82, 2.24) is 9.80 Å². The second-order valence-electron chi connectivity index (χ2n) is 8.00. The molecule has 1 fully saturated rings. The molecule has 2 atom stereocenters. The highest BCUT2D eigenvalue weighted by Gasteiger charge is 2.43. The summed E-state index contributed by atoms with van der Waals surface area (Å²) in [6, 6.07) is -0.930. The minimum Gasteiger partial charge on any atom is -0.465 e. The lowest BCUT2D eigenvalue weighted by Gasteiger charge is -2.31. The zero-order valence-corrected chi connectivity index (χ0v) is 15.5. The lowest BCUT2D eigenvalue weighted by atomic mass is 10.1. The van der Waals surface area contributed by atoms with Gasteiger partial charge in [-0.25, -0.2) is 19.3 Å². The van der Waals surface area contributed by atoms with Gasteiger partial charge in [0.25, 0.3) is 0 Å². The van der Waals surface area contributed by atoms with Crippen molar-refractivity contribution in [3.8, 4) is 0 Å². The van der Waals surface area contributed by atoms with Crippen molar-refractivity contribution >= 4 is 18.3 Å². The predicted octanol–water partition coefficient (Wildman–Crippen LogP) is 3.30. The monoisotopic (exact) mass is 344 g/mol. The molecule has 1 aliphatic heterocycles. The molecule has 0 bridgehead atoms. The molecule has 0 unspecified atom stereocenters. The summed E-state index contributed by atoms with van der Waals surface area (Å²) in [7, 11) is 0. The van der Waals surface area contributed by atoms with E-state index in [1.54, 1.807) is 48.5 Å². The molecule has 1 saturated heterocycles. The molecular formula is C16H28N2O6. The molecule has 138 valence electrons. The highest BCUT2D eigenvalue weighted by atomic mass is 16.6. The van der Waals surface area contributed by atoms with Gasteiger partial charge in [0, 0.05) is 12.6 Å². The summed E-state index contributed by atoms with van der Waals surface area (Å²) in [6.45, 7) is 11.9. The molecule has 0 aliphatic carbocycles. The average Bonchev–Trinajstić information content (AvgIpc) is 2.66. The first-order valence-electron chi connectivity index (χ1n) is 7.96. The Hall–Kier alpha value is -1.99. The van der Waals surface area contributed by atoms with Gasteiger partial charge in [0.1, 0.15) is 11.2 Å². The van der Waals surface area contributed by atoms with Crippen LogP contribution in [-0.4, -0.2) is 63.0 Å². The van der Waals surface area contributed by atoms with E-state index in [0.717, 1.165) is 4.90 Å². The van der Waals surface area contributed by atoms with E-state index in [2.05, 4.69) is 0 Å². The molecule has 0 aromatic carbocycles. The Morgan fingerprint density at radius 2 is 1.42 bits per heavy atom. The van der Waals surface area contributed by atoms with E-state index in [0.29, 0.717) is 6.42 Å². The molecule has 1 rings (SSSR count). The molecule has 8 heteroatoms. The fourth-order valence-electron chi connectivity index (χ4n) is 2.45. The van der Waals surface area contributed by atoms with Crippen molar-refractivity contribution in [1.29, 1.82) is 0 Å². The Kier molecular flexibility index (Phi) is 5.74. The van der Waals surface area contributed by atoms with Crippen LogP contribution < -0.4 is 0 Å². The van der Waals surface area contributed by atoms with Gasteiger partial charge in [0.05, 0.1) is 6.04 Å². The fourth-order valence-corrected chi connectivity index (χ4v) is 2.45. The number of carboxylic acid groups (broad SMARTS) is 1. The molecule has 0 spiro atoms. The maximum absolute atomic E-state index is 12.5. The summed E-state index contributed by atoms with van der Waals surface area (Å²) in [4.78, 5) is 38.3. The molecule has 8 nitrogen and oxygen atoms in total. The number of nitrogens with zero attached hydrogens (tertiary/aromatic N) is 2. The van der Waals surface area contributed by atoms with Crippen molar-refractivity contribution in [2.75, 3.05) is 6.54 Å². The maximum atomic E-state index is 12.5. The molecule has 0 saturated carbocycles. The summed E-state index contributed by atoms with van der Waals surface area (Å²) < 4.78 is 10.6. The van der Waals surface area contributed by atoms with Gasteiger partial charge in [0.15, 0.2) is 0 Å². The number of carbonyl (C=O) groups excluding carboxylic acids is 2. The summed E-state index contributed by atoms with van der Waals surface area (Å²) in [5.41, 5.74) is -1.57. The third-order valence-corrected chi connectivity index (χ3v) is 3.34. The van der Waals surface area contributed by atoms with Gasteiger partial charge < -0.3 is 19.5 Å². The molecule has 0 radical (unpaired) electrons. The Morgan fingerprint density at radius 3 is 1.71 bits per heavy atom. The molecule has 0 aromatic rings. The summed E-state index contributed by atoms with van der Waals surface area (Å²) in [6.07, 6.45) is -2.41. The first-order valence-corrected chi connectivity index (χ1v) is 7.96. The van der Waals surface area contributed by atoms with Crippen LogP contribution in [0.2, 0.25) is 0 Å². The van der Waals surface area contributed by atoms with Gasteiger partial charge in [-0.05, 0) is 54.9 Å². The molecule has 1 heterocycles. The van der Waals surface area contributed by atoms with E-state index < -0.39 is 35.5 Å². The van der Waals surface area contributed by atoms with E-state index in [1.807, 2.05) is 0 Å². The number of carbonyl (C=O) groups is 3. The number of hydrogen-bond acceptors (Lipinski definition) is 5. The van der Waals surface area contributed by atoms with Gasteiger partial charge in [-0.2, -0.15) is 0 Å². The van der Waals surface area contributed by atoms with Gasteiger partial charge >= 0.3 is 18.3 Å². The number of ether oxygens (including phenoxy) is 2. The summed E-state index contributed by atoms with van der Waals surface area (Å²) in [5, 5.41) is 9.21. The lowest BCUT2D eigenvalue weighted by Crippen LogP contribution is -2.50. The van der Waals surface area contributed by atoms with Crippen LogP contribution in [0, 0.1) is 0 Å². The topological polar surface area (TPSA) is 96.4 Å². The van der Waals surface area contributed by atoms with Crippen LogP contribution in [0.25, 0.3) is 0 Å². The Morgan fingerprint density at radius 1 is 1.00 bits per heavy atom. The van der Waals surface area contributed by atoms with E-state index in [1.165, 1.54) is 4.90 Å². The van der Waals surface area contributed by atoms with Crippen LogP contribution in [0.5, 0.6) is 0 Å². The molecular weight excluding hydrogens is 316 g/mol. The van der Waals surface area contributed by atoms with Gasteiger partial charge in [0.2, 0.25) is 0 Å². The van der Waals surface area contributed by atoms with Crippen molar-refractivity contribution < 1.29 is 29.0 Å². The van der Waals surface area contributed by atoms with Gasteiger partial charge in [-0.3, -0.25) is 0 Å². The predicted molar refractivity (Wildman–Crippen MR) is 86.9 cm³/mol. The third-order valence-electron chi connectivity index (χ3n) is 3.34. The van der Waals surface area contributed by atoms with Crippen LogP contribution in [0.15, 0.2) is 0 Å². The second-order valence-corrected chi connectivity index (χ2v) is 8.00. The number of rotatable bonds is 1. The first-order chi connectivity index (χ1) is 10.7. The van der Waals surface area contributed by atoms with E-state index in [4.69, 9.17) is 9.47 Å². The number of hydrogen-bond donors (Lipinski definition) is 1. The zero-order valence-electron chi connectivity index (χ0n) is 15.5. The number of amides is 3. The number of likely N-dealkylation sites (tertiary alicyclic amines) is 1. The van der Waals surface area contributed by atoms with Gasteiger partial charge in [-0.15, -0.1) is 0 Å². The van der Waals surface area contributed by atoms with Crippen LogP contribution >= 0.6 is 0 Å². The van der Waals surface area contributed by atoms with E-state index in [9.17, 15) is 19.5 Å². The maximum Gasteiger partial charge on any atom is 0.420 e. The van der Waals surface area contributed by atoms with Crippen LogP contribution in [-0.2, 0) is 9.47 Å². The smallest absolute Gasteiger partial charge is 0.420 e. The first kappa shape index (κ1) is 20.1. The molecule has 1 aliphatic rings. The molecule has 3 amide bonds. The largest absolute Gasteiger partial charge is 0.465 e. The van der Waals surface area contributed by atoms with Crippen LogP contribution in [0.3, 0.4) is 0 Å². The highest BCUT2D eigenvalue weighted by molar-refractivity contribution is 5.88. The fraction of sp³-hybridized carbons (Fsp3) is 0.812. The average molecular weight is 344 g/mol. The molecule has 1 N–H and O–H groups in total. The second kappa shape index (κ2) is 6.86. The molecule has 24 heavy (non-hydrogen) atoms. The zero-order chi connectivity index (χ0) is 18.9. The quantitative estimate of drug-likeness (QED) is 0.784.